The first-order valence-corrected chi connectivity index (χ1v) is 6.25. The second kappa shape index (κ2) is 4.72. The zero-order valence-electron chi connectivity index (χ0n) is 9.43. The van der Waals surface area contributed by atoms with Crippen LogP contribution in [0.3, 0.4) is 0 Å². The lowest BCUT2D eigenvalue weighted by Gasteiger charge is -2.11. The summed E-state index contributed by atoms with van der Waals surface area (Å²) in [5.74, 6) is -0.769. The molecule has 0 aromatic heterocycles. The van der Waals surface area contributed by atoms with Crippen molar-refractivity contribution >= 4 is 16.0 Å². The fraction of sp³-hybridized carbons (Fsp3) is 0.300. The van der Waals surface area contributed by atoms with Gasteiger partial charge in [0.25, 0.3) is 0 Å². The minimum absolute atomic E-state index is 0.0117. The van der Waals surface area contributed by atoms with E-state index in [1.165, 1.54) is 12.1 Å². The molecule has 0 aliphatic rings. The number of carboxylic acid groups (broad SMARTS) is 1. The van der Waals surface area contributed by atoms with Crippen molar-refractivity contribution in [3.8, 4) is 5.75 Å². The van der Waals surface area contributed by atoms with Crippen molar-refractivity contribution < 1.29 is 23.1 Å². The molecule has 0 saturated carbocycles. The number of benzene rings is 1. The summed E-state index contributed by atoms with van der Waals surface area (Å²) in [6, 6.07) is 2.82. The minimum Gasteiger partial charge on any atom is -0.482 e. The van der Waals surface area contributed by atoms with Gasteiger partial charge in [-0.2, -0.15) is 0 Å². The van der Waals surface area contributed by atoms with Crippen LogP contribution in [0.25, 0.3) is 0 Å². The van der Waals surface area contributed by atoms with Gasteiger partial charge in [-0.15, -0.1) is 0 Å². The van der Waals surface area contributed by atoms with E-state index in [0.717, 1.165) is 0 Å². The molecule has 0 aliphatic heterocycles. The van der Waals surface area contributed by atoms with Crippen LogP contribution in [-0.2, 0) is 14.8 Å². The van der Waals surface area contributed by atoms with Crippen molar-refractivity contribution in [3.05, 3.63) is 23.3 Å². The zero-order chi connectivity index (χ0) is 13.2. The summed E-state index contributed by atoms with van der Waals surface area (Å²) in [5.41, 5.74) is 0.930. The smallest absolute Gasteiger partial charge is 0.341 e. The highest BCUT2D eigenvalue weighted by atomic mass is 32.2. The lowest BCUT2D eigenvalue weighted by Crippen LogP contribution is -2.15. The first-order chi connectivity index (χ1) is 7.71. The van der Waals surface area contributed by atoms with Crippen LogP contribution >= 0.6 is 0 Å². The number of rotatable bonds is 4. The largest absolute Gasteiger partial charge is 0.482 e. The number of nitrogens with two attached hydrogens (primary N) is 1. The van der Waals surface area contributed by atoms with Gasteiger partial charge in [-0.05, 0) is 37.1 Å². The SMILES string of the molecule is Cc1cc(S(N)(=O)=O)c(C)cc1OCC(=O)O. The van der Waals surface area contributed by atoms with E-state index in [1.807, 2.05) is 0 Å². The summed E-state index contributed by atoms with van der Waals surface area (Å²) in [5, 5.41) is 13.5. The lowest BCUT2D eigenvalue weighted by molar-refractivity contribution is -0.139. The molecule has 3 N–H and O–H groups in total. The first-order valence-electron chi connectivity index (χ1n) is 4.70. The number of aryl methyl sites for hydroxylation is 2. The van der Waals surface area contributed by atoms with Crippen molar-refractivity contribution in [3.63, 3.8) is 0 Å². The van der Waals surface area contributed by atoms with Gasteiger partial charge < -0.3 is 9.84 Å². The molecule has 0 spiro atoms. The number of hydrogen-bond donors (Lipinski definition) is 2. The monoisotopic (exact) mass is 259 g/mol. The number of hydrogen-bond acceptors (Lipinski definition) is 4. The molecule has 94 valence electrons. The lowest BCUT2D eigenvalue weighted by atomic mass is 10.1. The first kappa shape index (κ1) is 13.5. The number of primary sulfonamides is 1. The third-order valence-corrected chi connectivity index (χ3v) is 3.18. The topological polar surface area (TPSA) is 107 Å². The number of carbonyl (C=O) groups is 1. The molecule has 0 heterocycles. The summed E-state index contributed by atoms with van der Waals surface area (Å²) in [6.07, 6.45) is 0. The second-order valence-corrected chi connectivity index (χ2v) is 5.14. The highest BCUT2D eigenvalue weighted by molar-refractivity contribution is 7.89. The molecule has 0 aliphatic carbocycles. The summed E-state index contributed by atoms with van der Waals surface area (Å²) in [4.78, 5) is 10.4. The zero-order valence-corrected chi connectivity index (χ0v) is 10.2. The van der Waals surface area contributed by atoms with Gasteiger partial charge in [0.2, 0.25) is 10.0 Å². The van der Waals surface area contributed by atoms with Crippen molar-refractivity contribution in [2.75, 3.05) is 6.61 Å². The van der Waals surface area contributed by atoms with Crippen molar-refractivity contribution in [1.29, 1.82) is 0 Å². The van der Waals surface area contributed by atoms with E-state index >= 15 is 0 Å². The van der Waals surface area contributed by atoms with E-state index < -0.39 is 22.6 Å². The van der Waals surface area contributed by atoms with Gasteiger partial charge in [0, 0.05) is 0 Å². The molecule has 7 heteroatoms. The van der Waals surface area contributed by atoms with Crippen LogP contribution in [0.1, 0.15) is 11.1 Å². The Hall–Kier alpha value is -1.60. The van der Waals surface area contributed by atoms with E-state index in [-0.39, 0.29) is 4.90 Å². The Morgan fingerprint density at radius 3 is 2.41 bits per heavy atom. The third-order valence-electron chi connectivity index (χ3n) is 2.13. The average molecular weight is 259 g/mol. The van der Waals surface area contributed by atoms with Crippen LogP contribution in [0.15, 0.2) is 17.0 Å². The molecule has 0 bridgehead atoms. The third kappa shape index (κ3) is 3.43. The maximum atomic E-state index is 11.2. The van der Waals surface area contributed by atoms with E-state index in [4.69, 9.17) is 15.0 Å². The Balaban J connectivity index is 3.14. The molecule has 1 aromatic rings. The molecule has 0 unspecified atom stereocenters. The molecule has 1 aromatic carbocycles. The highest BCUT2D eigenvalue weighted by Gasteiger charge is 2.14. The molecular weight excluding hydrogens is 246 g/mol. The Morgan fingerprint density at radius 2 is 1.94 bits per heavy atom. The van der Waals surface area contributed by atoms with Crippen LogP contribution in [0.4, 0.5) is 0 Å². The van der Waals surface area contributed by atoms with Crippen molar-refractivity contribution in [2.45, 2.75) is 18.7 Å². The molecule has 0 amide bonds. The Kier molecular flexibility index (Phi) is 3.74. The average Bonchev–Trinajstić information content (AvgIpc) is 2.17. The number of sulfonamides is 1. The fourth-order valence-corrected chi connectivity index (χ4v) is 2.21. The van der Waals surface area contributed by atoms with Gasteiger partial charge in [-0.3, -0.25) is 0 Å². The Labute approximate surface area is 99.1 Å². The van der Waals surface area contributed by atoms with Crippen molar-refractivity contribution in [1.82, 2.24) is 0 Å². The van der Waals surface area contributed by atoms with Crippen LogP contribution < -0.4 is 9.88 Å². The second-order valence-electron chi connectivity index (χ2n) is 3.61. The van der Waals surface area contributed by atoms with Gasteiger partial charge in [0.1, 0.15) is 5.75 Å². The highest BCUT2D eigenvalue weighted by Crippen LogP contribution is 2.25. The van der Waals surface area contributed by atoms with Crippen LogP contribution in [0.5, 0.6) is 5.75 Å². The summed E-state index contributed by atoms with van der Waals surface area (Å²) >= 11 is 0. The summed E-state index contributed by atoms with van der Waals surface area (Å²) in [6.45, 7) is 2.70. The van der Waals surface area contributed by atoms with Gasteiger partial charge in [-0.25, -0.2) is 18.4 Å². The molecule has 0 saturated heterocycles. The van der Waals surface area contributed by atoms with E-state index in [1.54, 1.807) is 13.8 Å². The Bertz CT molecular complexity index is 550. The van der Waals surface area contributed by atoms with Gasteiger partial charge in [0.05, 0.1) is 4.90 Å². The van der Waals surface area contributed by atoms with E-state index in [2.05, 4.69) is 0 Å². The maximum absolute atomic E-state index is 11.2. The fourth-order valence-electron chi connectivity index (χ4n) is 1.36. The van der Waals surface area contributed by atoms with Crippen molar-refractivity contribution in [2.24, 2.45) is 5.14 Å². The predicted molar refractivity (Wildman–Crippen MR) is 60.4 cm³/mol. The van der Waals surface area contributed by atoms with Crippen LogP contribution in [-0.4, -0.2) is 26.1 Å². The minimum atomic E-state index is -3.78. The molecule has 6 nitrogen and oxygen atoms in total. The molecule has 1 rings (SSSR count). The molecule has 17 heavy (non-hydrogen) atoms. The molecule has 0 radical (unpaired) electrons. The van der Waals surface area contributed by atoms with Crippen LogP contribution in [0.2, 0.25) is 0 Å². The number of carboxylic acids is 1. The summed E-state index contributed by atoms with van der Waals surface area (Å²) < 4.78 is 27.5. The molecule has 0 fully saturated rings. The number of ether oxygens (including phenoxy) is 1. The van der Waals surface area contributed by atoms with Gasteiger partial charge in [-0.1, -0.05) is 0 Å². The normalized spacial score (nSPS) is 11.2. The quantitative estimate of drug-likeness (QED) is 0.814. The standard InChI is InChI=1S/C10H13NO5S/c1-6-4-9(17(11,14)15)7(2)3-8(6)16-5-10(12)13/h3-4H,5H2,1-2H3,(H,12,13)(H2,11,14,15). The number of aliphatic carboxylic acids is 1. The van der Waals surface area contributed by atoms with E-state index in [0.29, 0.717) is 16.9 Å². The van der Waals surface area contributed by atoms with Crippen LogP contribution in [0, 0.1) is 13.8 Å². The summed E-state index contributed by atoms with van der Waals surface area (Å²) in [7, 11) is -3.78. The predicted octanol–water partition coefficient (Wildman–Crippen LogP) is 0.414. The Morgan fingerprint density at radius 1 is 1.35 bits per heavy atom. The van der Waals surface area contributed by atoms with Gasteiger partial charge >= 0.3 is 5.97 Å². The molecule has 0 atom stereocenters. The van der Waals surface area contributed by atoms with E-state index in [9.17, 15) is 13.2 Å². The van der Waals surface area contributed by atoms with Gasteiger partial charge in [0.15, 0.2) is 6.61 Å². The molecular formula is C10H13NO5S. The maximum Gasteiger partial charge on any atom is 0.341 e.